The van der Waals surface area contributed by atoms with Crippen LogP contribution >= 0.6 is 0 Å². The Hall–Kier alpha value is -2.14. The third-order valence-electron chi connectivity index (χ3n) is 3.96. The molecule has 0 radical (unpaired) electrons. The molecule has 0 bridgehead atoms. The molecule has 1 atom stereocenters. The molecule has 1 aliphatic heterocycles. The number of fused-ring (bicyclic) bond motifs is 1. The van der Waals surface area contributed by atoms with E-state index in [0.29, 0.717) is 5.88 Å². The first-order valence-corrected chi connectivity index (χ1v) is 7.18. The van der Waals surface area contributed by atoms with Crippen LogP contribution in [0.25, 0.3) is 0 Å². The monoisotopic (exact) mass is 285 g/mol. The lowest BCUT2D eigenvalue weighted by Gasteiger charge is -2.32. The van der Waals surface area contributed by atoms with E-state index in [9.17, 15) is 4.79 Å². The average molecular weight is 285 g/mol. The molecule has 0 aliphatic carbocycles. The molecule has 1 aliphatic rings. The summed E-state index contributed by atoms with van der Waals surface area (Å²) < 4.78 is 5.03. The number of hydrogen-bond donors (Lipinski definition) is 1. The zero-order chi connectivity index (χ0) is 14.8. The van der Waals surface area contributed by atoms with Gasteiger partial charge in [0.2, 0.25) is 11.8 Å². The molecule has 0 fully saturated rings. The van der Waals surface area contributed by atoms with Gasteiger partial charge in [0.15, 0.2) is 0 Å². The van der Waals surface area contributed by atoms with Crippen molar-refractivity contribution in [3.63, 3.8) is 0 Å². The van der Waals surface area contributed by atoms with E-state index in [1.165, 1.54) is 11.1 Å². The molecule has 0 saturated carbocycles. The highest BCUT2D eigenvalue weighted by molar-refractivity contribution is 5.93. The van der Waals surface area contributed by atoms with Gasteiger partial charge in [0.1, 0.15) is 0 Å². The van der Waals surface area contributed by atoms with Gasteiger partial charge in [-0.3, -0.25) is 15.0 Å². The summed E-state index contributed by atoms with van der Waals surface area (Å²) in [7, 11) is 0. The first kappa shape index (κ1) is 13.8. The molecule has 2 heterocycles. The molecule has 3 rings (SSSR count). The number of benzene rings is 1. The lowest BCUT2D eigenvalue weighted by molar-refractivity contribution is -0.121. The molecule has 0 spiro atoms. The predicted molar refractivity (Wildman–Crippen MR) is 79.9 cm³/mol. The maximum absolute atomic E-state index is 12.3. The quantitative estimate of drug-likeness (QED) is 0.940. The van der Waals surface area contributed by atoms with Crippen LogP contribution in [0.2, 0.25) is 0 Å². The molecule has 2 aromatic rings. The van der Waals surface area contributed by atoms with Crippen molar-refractivity contribution in [2.24, 2.45) is 0 Å². The minimum Gasteiger partial charge on any atom is -0.338 e. The smallest absolute Gasteiger partial charge is 0.243 e. The molecular weight excluding hydrogens is 266 g/mol. The fraction of sp³-hybridized carbons (Fsp3) is 0.375. The number of hydrogen-bond acceptors (Lipinski definition) is 4. The van der Waals surface area contributed by atoms with E-state index in [1.54, 1.807) is 6.07 Å². The maximum atomic E-state index is 12.3. The number of carbonyl (C=O) groups is 1. The predicted octanol–water partition coefficient (Wildman–Crippen LogP) is 2.37. The van der Waals surface area contributed by atoms with Crippen molar-refractivity contribution >= 4 is 11.8 Å². The van der Waals surface area contributed by atoms with Gasteiger partial charge >= 0.3 is 0 Å². The fourth-order valence-corrected chi connectivity index (χ4v) is 2.66. The molecule has 1 amide bonds. The number of amides is 1. The largest absolute Gasteiger partial charge is 0.338 e. The van der Waals surface area contributed by atoms with Crippen LogP contribution in [0.4, 0.5) is 5.88 Å². The molecule has 5 heteroatoms. The Labute approximate surface area is 123 Å². The first-order valence-electron chi connectivity index (χ1n) is 7.18. The summed E-state index contributed by atoms with van der Waals surface area (Å²) in [5, 5.41) is 6.54. The van der Waals surface area contributed by atoms with Crippen LogP contribution in [0.3, 0.4) is 0 Å². The molecule has 1 unspecified atom stereocenters. The van der Waals surface area contributed by atoms with Gasteiger partial charge in [0.05, 0.1) is 11.7 Å². The van der Waals surface area contributed by atoms with E-state index in [-0.39, 0.29) is 11.9 Å². The second-order valence-electron chi connectivity index (χ2n) is 5.49. The van der Waals surface area contributed by atoms with Gasteiger partial charge < -0.3 is 4.52 Å². The van der Waals surface area contributed by atoms with Crippen LogP contribution in [0, 0.1) is 6.92 Å². The van der Waals surface area contributed by atoms with Gasteiger partial charge in [-0.25, -0.2) is 0 Å². The summed E-state index contributed by atoms with van der Waals surface area (Å²) in [6.07, 6.45) is 0.981. The van der Waals surface area contributed by atoms with Crippen LogP contribution in [0.15, 0.2) is 34.9 Å². The normalized spacial score (nSPS) is 16.3. The summed E-state index contributed by atoms with van der Waals surface area (Å²) in [6.45, 7) is 5.44. The Balaban J connectivity index is 1.66. The van der Waals surface area contributed by atoms with Gasteiger partial charge in [-0.1, -0.05) is 29.4 Å². The minimum absolute atomic E-state index is 0.0643. The summed E-state index contributed by atoms with van der Waals surface area (Å²) in [5.74, 6) is 0.340. The van der Waals surface area contributed by atoms with E-state index in [4.69, 9.17) is 4.52 Å². The van der Waals surface area contributed by atoms with Crippen LogP contribution < -0.4 is 5.32 Å². The van der Waals surface area contributed by atoms with Crippen LogP contribution in [0.5, 0.6) is 0 Å². The van der Waals surface area contributed by atoms with Crippen molar-refractivity contribution in [3.05, 3.63) is 47.2 Å². The third kappa shape index (κ3) is 2.97. The molecule has 110 valence electrons. The second kappa shape index (κ2) is 5.69. The van der Waals surface area contributed by atoms with Crippen molar-refractivity contribution in [1.29, 1.82) is 0 Å². The standard InChI is InChI=1S/C16H19N3O2/c1-11-9-15(21-18-11)17-16(20)12(2)19-8-7-13-5-3-4-6-14(13)10-19/h3-6,9,12H,7-8,10H2,1-2H3,(H,17,20). The van der Waals surface area contributed by atoms with E-state index >= 15 is 0 Å². The molecule has 1 aromatic carbocycles. The number of nitrogens with zero attached hydrogens (tertiary/aromatic N) is 2. The number of rotatable bonds is 3. The molecule has 21 heavy (non-hydrogen) atoms. The van der Waals surface area contributed by atoms with Crippen LogP contribution in [0.1, 0.15) is 23.7 Å². The summed E-state index contributed by atoms with van der Waals surface area (Å²) >= 11 is 0. The molecule has 5 nitrogen and oxygen atoms in total. The Bertz CT molecular complexity index is 650. The van der Waals surface area contributed by atoms with Crippen molar-refractivity contribution in [2.45, 2.75) is 32.9 Å². The average Bonchev–Trinajstić information content (AvgIpc) is 2.91. The Kier molecular flexibility index (Phi) is 3.75. The molecule has 1 N–H and O–H groups in total. The molecule has 0 saturated heterocycles. The zero-order valence-corrected chi connectivity index (χ0v) is 12.3. The lowest BCUT2D eigenvalue weighted by atomic mass is 9.99. The third-order valence-corrected chi connectivity index (χ3v) is 3.96. The van der Waals surface area contributed by atoms with Gasteiger partial charge in [0, 0.05) is 19.2 Å². The van der Waals surface area contributed by atoms with Gasteiger partial charge in [-0.05, 0) is 31.4 Å². The Morgan fingerprint density at radius 2 is 2.14 bits per heavy atom. The number of aromatic nitrogens is 1. The summed E-state index contributed by atoms with van der Waals surface area (Å²) in [6, 6.07) is 9.92. The Morgan fingerprint density at radius 1 is 1.38 bits per heavy atom. The second-order valence-corrected chi connectivity index (χ2v) is 5.49. The zero-order valence-electron chi connectivity index (χ0n) is 12.3. The summed E-state index contributed by atoms with van der Waals surface area (Å²) in [4.78, 5) is 14.5. The lowest BCUT2D eigenvalue weighted by Crippen LogP contribution is -2.44. The van der Waals surface area contributed by atoms with E-state index in [0.717, 1.165) is 25.2 Å². The number of anilines is 1. The van der Waals surface area contributed by atoms with Crippen molar-refractivity contribution < 1.29 is 9.32 Å². The van der Waals surface area contributed by atoms with Crippen LogP contribution in [-0.2, 0) is 17.8 Å². The maximum Gasteiger partial charge on any atom is 0.243 e. The SMILES string of the molecule is Cc1cc(NC(=O)C(C)N2CCc3ccccc3C2)on1. The minimum atomic E-state index is -0.205. The van der Waals surface area contributed by atoms with Crippen molar-refractivity contribution in [1.82, 2.24) is 10.1 Å². The van der Waals surface area contributed by atoms with Gasteiger partial charge in [-0.15, -0.1) is 0 Å². The number of nitrogens with one attached hydrogen (secondary N) is 1. The topological polar surface area (TPSA) is 58.4 Å². The summed E-state index contributed by atoms with van der Waals surface area (Å²) in [5.41, 5.74) is 3.44. The number of aryl methyl sites for hydroxylation is 1. The van der Waals surface area contributed by atoms with E-state index in [1.807, 2.05) is 19.9 Å². The molecule has 1 aromatic heterocycles. The van der Waals surface area contributed by atoms with E-state index < -0.39 is 0 Å². The van der Waals surface area contributed by atoms with Gasteiger partial charge in [0.25, 0.3) is 0 Å². The highest BCUT2D eigenvalue weighted by Gasteiger charge is 2.25. The first-order chi connectivity index (χ1) is 10.1. The van der Waals surface area contributed by atoms with Crippen LogP contribution in [-0.4, -0.2) is 28.6 Å². The number of carbonyl (C=O) groups excluding carboxylic acids is 1. The molecular formula is C16H19N3O2. The van der Waals surface area contributed by atoms with Gasteiger partial charge in [-0.2, -0.15) is 0 Å². The highest BCUT2D eigenvalue weighted by atomic mass is 16.5. The van der Waals surface area contributed by atoms with Crippen molar-refractivity contribution in [3.8, 4) is 0 Å². The Morgan fingerprint density at radius 3 is 2.86 bits per heavy atom. The van der Waals surface area contributed by atoms with Crippen molar-refractivity contribution in [2.75, 3.05) is 11.9 Å². The van der Waals surface area contributed by atoms with E-state index in [2.05, 4.69) is 33.6 Å². The highest BCUT2D eigenvalue weighted by Crippen LogP contribution is 2.21. The fourth-order valence-electron chi connectivity index (χ4n) is 2.66.